The van der Waals surface area contributed by atoms with E-state index in [9.17, 15) is 5.11 Å². The van der Waals surface area contributed by atoms with Gasteiger partial charge in [-0.25, -0.2) is 4.98 Å². The van der Waals surface area contributed by atoms with Gasteiger partial charge >= 0.3 is 0 Å². The molecule has 0 unspecified atom stereocenters. The first-order chi connectivity index (χ1) is 7.65. The SMILES string of the molecule is Cc1cc(NC2(CO)CCCC2)ncc1Br. The summed E-state index contributed by atoms with van der Waals surface area (Å²) < 4.78 is 1.02. The van der Waals surface area contributed by atoms with Gasteiger partial charge in [-0.1, -0.05) is 12.8 Å². The normalized spacial score (nSPS) is 18.7. The maximum atomic E-state index is 9.50. The summed E-state index contributed by atoms with van der Waals surface area (Å²) in [6.07, 6.45) is 6.23. The zero-order valence-corrected chi connectivity index (χ0v) is 11.0. The lowest BCUT2D eigenvalue weighted by molar-refractivity contribution is 0.214. The second kappa shape index (κ2) is 4.72. The molecule has 1 heterocycles. The smallest absolute Gasteiger partial charge is 0.126 e. The van der Waals surface area contributed by atoms with Gasteiger partial charge in [-0.2, -0.15) is 0 Å². The van der Waals surface area contributed by atoms with Crippen LogP contribution >= 0.6 is 15.9 Å². The van der Waals surface area contributed by atoms with Gasteiger partial charge in [0.15, 0.2) is 0 Å². The van der Waals surface area contributed by atoms with E-state index in [1.807, 2.05) is 13.0 Å². The Bertz CT molecular complexity index is 375. The minimum Gasteiger partial charge on any atom is -0.394 e. The summed E-state index contributed by atoms with van der Waals surface area (Å²) in [5.74, 6) is 0.858. The number of hydrogen-bond donors (Lipinski definition) is 2. The van der Waals surface area contributed by atoms with Gasteiger partial charge in [0.1, 0.15) is 5.82 Å². The van der Waals surface area contributed by atoms with E-state index >= 15 is 0 Å². The number of aryl methyl sites for hydroxylation is 1. The van der Waals surface area contributed by atoms with E-state index in [0.29, 0.717) is 0 Å². The molecule has 0 amide bonds. The van der Waals surface area contributed by atoms with Gasteiger partial charge in [0.25, 0.3) is 0 Å². The van der Waals surface area contributed by atoms with E-state index in [1.165, 1.54) is 12.8 Å². The number of halogens is 1. The van der Waals surface area contributed by atoms with Gasteiger partial charge in [-0.3, -0.25) is 0 Å². The molecule has 2 rings (SSSR count). The van der Waals surface area contributed by atoms with Crippen molar-refractivity contribution in [2.75, 3.05) is 11.9 Å². The molecule has 0 aliphatic heterocycles. The fourth-order valence-electron chi connectivity index (χ4n) is 2.25. The fraction of sp³-hybridized carbons (Fsp3) is 0.583. The van der Waals surface area contributed by atoms with Crippen molar-refractivity contribution >= 4 is 21.7 Å². The van der Waals surface area contributed by atoms with E-state index in [2.05, 4.69) is 26.2 Å². The summed E-state index contributed by atoms with van der Waals surface area (Å²) in [5, 5.41) is 12.9. The van der Waals surface area contributed by atoms with Crippen molar-refractivity contribution in [2.45, 2.75) is 38.1 Å². The van der Waals surface area contributed by atoms with Crippen LogP contribution in [0.4, 0.5) is 5.82 Å². The van der Waals surface area contributed by atoms with Crippen molar-refractivity contribution < 1.29 is 5.11 Å². The average Bonchev–Trinajstić information content (AvgIpc) is 2.73. The van der Waals surface area contributed by atoms with E-state index in [1.54, 1.807) is 6.20 Å². The van der Waals surface area contributed by atoms with Crippen LogP contribution < -0.4 is 5.32 Å². The Balaban J connectivity index is 2.16. The minimum absolute atomic E-state index is 0.146. The highest BCUT2D eigenvalue weighted by Gasteiger charge is 2.33. The minimum atomic E-state index is -0.146. The van der Waals surface area contributed by atoms with Crippen molar-refractivity contribution in [1.82, 2.24) is 4.98 Å². The predicted octanol–water partition coefficient (Wildman–Crippen LogP) is 2.87. The number of pyridine rings is 1. The number of aliphatic hydroxyl groups is 1. The Morgan fingerprint density at radius 2 is 2.19 bits per heavy atom. The van der Waals surface area contributed by atoms with E-state index in [-0.39, 0.29) is 12.1 Å². The first-order valence-corrected chi connectivity index (χ1v) is 6.46. The molecule has 16 heavy (non-hydrogen) atoms. The number of nitrogens with one attached hydrogen (secondary N) is 1. The van der Waals surface area contributed by atoms with Crippen LogP contribution in [0.2, 0.25) is 0 Å². The van der Waals surface area contributed by atoms with Crippen LogP contribution in [0.3, 0.4) is 0 Å². The molecular weight excluding hydrogens is 268 g/mol. The fourth-order valence-corrected chi connectivity index (χ4v) is 2.47. The number of hydrogen-bond acceptors (Lipinski definition) is 3. The van der Waals surface area contributed by atoms with Gasteiger partial charge in [0.05, 0.1) is 12.1 Å². The van der Waals surface area contributed by atoms with Crippen LogP contribution in [0.25, 0.3) is 0 Å². The first kappa shape index (κ1) is 11.9. The van der Waals surface area contributed by atoms with Crippen LogP contribution in [0, 0.1) is 6.92 Å². The number of nitrogens with zero attached hydrogens (tertiary/aromatic N) is 1. The molecule has 0 radical (unpaired) electrons. The third-order valence-corrected chi connectivity index (χ3v) is 4.13. The van der Waals surface area contributed by atoms with Gasteiger partial charge in [0, 0.05) is 10.7 Å². The molecule has 88 valence electrons. The maximum absolute atomic E-state index is 9.50. The Kier molecular flexibility index (Phi) is 3.50. The first-order valence-electron chi connectivity index (χ1n) is 5.66. The third kappa shape index (κ3) is 2.38. The molecular formula is C12H17BrN2O. The predicted molar refractivity (Wildman–Crippen MR) is 68.6 cm³/mol. The van der Waals surface area contributed by atoms with Crippen molar-refractivity contribution in [3.63, 3.8) is 0 Å². The van der Waals surface area contributed by atoms with Gasteiger partial charge in [-0.05, 0) is 47.3 Å². The second-order valence-corrected chi connectivity index (χ2v) is 5.44. The van der Waals surface area contributed by atoms with Crippen LogP contribution in [0.1, 0.15) is 31.2 Å². The lowest BCUT2D eigenvalue weighted by atomic mass is 9.99. The van der Waals surface area contributed by atoms with E-state index in [4.69, 9.17) is 0 Å². The Morgan fingerprint density at radius 1 is 1.50 bits per heavy atom. The van der Waals surface area contributed by atoms with Gasteiger partial charge < -0.3 is 10.4 Å². The maximum Gasteiger partial charge on any atom is 0.126 e. The van der Waals surface area contributed by atoms with Crippen LogP contribution in [-0.4, -0.2) is 22.2 Å². The highest BCUT2D eigenvalue weighted by molar-refractivity contribution is 9.10. The zero-order valence-electron chi connectivity index (χ0n) is 9.46. The number of aliphatic hydroxyl groups excluding tert-OH is 1. The standard InChI is InChI=1S/C12H17BrN2O/c1-9-6-11(14-7-10(9)13)15-12(8-16)4-2-3-5-12/h6-7,16H,2-5,8H2,1H3,(H,14,15). The topological polar surface area (TPSA) is 45.1 Å². The molecule has 0 aromatic carbocycles. The van der Waals surface area contributed by atoms with Gasteiger partial charge in [-0.15, -0.1) is 0 Å². The van der Waals surface area contributed by atoms with Crippen molar-refractivity contribution in [1.29, 1.82) is 0 Å². The molecule has 1 aromatic heterocycles. The van der Waals surface area contributed by atoms with Crippen molar-refractivity contribution in [3.05, 3.63) is 22.3 Å². The van der Waals surface area contributed by atoms with Crippen LogP contribution in [0.15, 0.2) is 16.7 Å². The van der Waals surface area contributed by atoms with Crippen molar-refractivity contribution in [3.8, 4) is 0 Å². The number of rotatable bonds is 3. The molecule has 0 spiro atoms. The Morgan fingerprint density at radius 3 is 2.75 bits per heavy atom. The van der Waals surface area contributed by atoms with E-state index in [0.717, 1.165) is 28.7 Å². The monoisotopic (exact) mass is 284 g/mol. The van der Waals surface area contributed by atoms with E-state index < -0.39 is 0 Å². The summed E-state index contributed by atoms with van der Waals surface area (Å²) in [4.78, 5) is 4.33. The molecule has 0 atom stereocenters. The molecule has 0 saturated heterocycles. The molecule has 2 N–H and O–H groups in total. The van der Waals surface area contributed by atoms with Crippen LogP contribution in [-0.2, 0) is 0 Å². The van der Waals surface area contributed by atoms with Gasteiger partial charge in [0.2, 0.25) is 0 Å². The highest BCUT2D eigenvalue weighted by Crippen LogP contribution is 2.32. The Hall–Kier alpha value is -0.610. The molecule has 1 aliphatic carbocycles. The summed E-state index contributed by atoms with van der Waals surface area (Å²) in [5.41, 5.74) is 1.01. The largest absolute Gasteiger partial charge is 0.394 e. The second-order valence-electron chi connectivity index (χ2n) is 4.59. The van der Waals surface area contributed by atoms with Crippen LogP contribution in [0.5, 0.6) is 0 Å². The molecule has 0 bridgehead atoms. The average molecular weight is 285 g/mol. The van der Waals surface area contributed by atoms with Crippen molar-refractivity contribution in [2.24, 2.45) is 0 Å². The quantitative estimate of drug-likeness (QED) is 0.897. The third-order valence-electron chi connectivity index (χ3n) is 3.30. The molecule has 3 nitrogen and oxygen atoms in total. The molecule has 4 heteroatoms. The highest BCUT2D eigenvalue weighted by atomic mass is 79.9. The Labute approximate surface area is 104 Å². The lowest BCUT2D eigenvalue weighted by Gasteiger charge is -2.28. The number of aromatic nitrogens is 1. The summed E-state index contributed by atoms with van der Waals surface area (Å²) in [6, 6.07) is 2.01. The zero-order chi connectivity index (χ0) is 11.6. The lowest BCUT2D eigenvalue weighted by Crippen LogP contribution is -2.39. The molecule has 1 aliphatic rings. The summed E-state index contributed by atoms with van der Waals surface area (Å²) >= 11 is 3.43. The molecule has 1 fully saturated rings. The summed E-state index contributed by atoms with van der Waals surface area (Å²) in [7, 11) is 0. The number of anilines is 1. The molecule has 1 aromatic rings. The summed E-state index contributed by atoms with van der Waals surface area (Å²) in [6.45, 7) is 2.22. The molecule has 1 saturated carbocycles.